The summed E-state index contributed by atoms with van der Waals surface area (Å²) in [6.45, 7) is 0. The first-order valence-electron chi connectivity index (χ1n) is 7.29. The van der Waals surface area contributed by atoms with Crippen molar-refractivity contribution in [2.45, 2.75) is 25.0 Å². The molecule has 0 N–H and O–H groups in total. The molecule has 4 atom stereocenters. The lowest BCUT2D eigenvalue weighted by atomic mass is 9.81. The first-order valence-corrected chi connectivity index (χ1v) is 10.5. The Kier molecular flexibility index (Phi) is 4.57. The fourth-order valence-electron chi connectivity index (χ4n) is 3.62. The molecule has 0 spiro atoms. The third-order valence-corrected chi connectivity index (χ3v) is 8.62. The maximum Gasteiger partial charge on any atom is 0.366 e. The van der Waals surface area contributed by atoms with Crippen molar-refractivity contribution in [1.29, 1.82) is 0 Å². The van der Waals surface area contributed by atoms with Crippen molar-refractivity contribution >= 4 is 85.6 Å². The Morgan fingerprint density at radius 3 is 2.17 bits per heavy atom. The second-order valence-electron chi connectivity index (χ2n) is 5.91. The van der Waals surface area contributed by atoms with Gasteiger partial charge in [-0.3, -0.25) is 9.59 Å². The Bertz CT molecular complexity index is 755. The maximum atomic E-state index is 12.6. The molecule has 0 saturated carbocycles. The molecular weight excluding hydrogens is 655 g/mol. The van der Waals surface area contributed by atoms with Gasteiger partial charge in [0.25, 0.3) is 11.8 Å². The van der Waals surface area contributed by atoms with Crippen molar-refractivity contribution in [3.63, 3.8) is 0 Å². The van der Waals surface area contributed by atoms with Gasteiger partial charge in [0.1, 0.15) is 0 Å². The van der Waals surface area contributed by atoms with Crippen LogP contribution in [0.2, 0.25) is 0 Å². The van der Waals surface area contributed by atoms with E-state index in [-0.39, 0.29) is 12.2 Å². The summed E-state index contributed by atoms with van der Waals surface area (Å²) in [5.74, 6) is -2.60. The number of nitrogens with zero attached hydrogens (tertiary/aromatic N) is 1. The number of benzene rings is 1. The van der Waals surface area contributed by atoms with E-state index >= 15 is 0 Å². The normalized spacial score (nSPS) is 30.9. The molecule has 3 aliphatic rings. The highest BCUT2D eigenvalue weighted by Gasteiger charge is 2.63. The summed E-state index contributed by atoms with van der Waals surface area (Å²) in [7, 11) is 0. The van der Waals surface area contributed by atoms with Gasteiger partial charge >= 0.3 is 5.97 Å². The standard InChI is InChI=1S/C15H10I3NO5/c16-5-1-2-6(17)12(18)9(5)15(22)24-19-13(20)10-7-3-4-8(23-7)11(10)14(19)21/h1-2,7-8,10-11H,3-4H2. The lowest BCUT2D eigenvalue weighted by Gasteiger charge is -2.17. The summed E-state index contributed by atoms with van der Waals surface area (Å²) < 4.78 is 8.02. The minimum Gasteiger partial charge on any atom is -0.373 e. The number of ether oxygens (including phenoxy) is 1. The molecule has 0 radical (unpaired) electrons. The highest BCUT2D eigenvalue weighted by Crippen LogP contribution is 2.48. The molecule has 3 heterocycles. The number of amides is 2. The zero-order valence-corrected chi connectivity index (χ0v) is 18.5. The van der Waals surface area contributed by atoms with Gasteiger partial charge in [-0.2, -0.15) is 0 Å². The van der Waals surface area contributed by atoms with Crippen LogP contribution in [0.3, 0.4) is 0 Å². The number of imide groups is 1. The molecule has 24 heavy (non-hydrogen) atoms. The minimum atomic E-state index is -0.683. The molecule has 126 valence electrons. The van der Waals surface area contributed by atoms with E-state index in [9.17, 15) is 14.4 Å². The van der Waals surface area contributed by atoms with Crippen molar-refractivity contribution in [3.05, 3.63) is 28.4 Å². The van der Waals surface area contributed by atoms with E-state index in [0.717, 1.165) is 20.0 Å². The zero-order valence-electron chi connectivity index (χ0n) is 12.0. The maximum absolute atomic E-state index is 12.6. The zero-order chi connectivity index (χ0) is 17.2. The van der Waals surface area contributed by atoms with Gasteiger partial charge in [-0.25, -0.2) is 4.79 Å². The van der Waals surface area contributed by atoms with Gasteiger partial charge in [-0.05, 0) is 92.7 Å². The van der Waals surface area contributed by atoms with Gasteiger partial charge in [0.2, 0.25) is 0 Å². The first-order chi connectivity index (χ1) is 11.4. The molecule has 4 unspecified atom stereocenters. The van der Waals surface area contributed by atoms with Crippen molar-refractivity contribution in [3.8, 4) is 0 Å². The van der Waals surface area contributed by atoms with Gasteiger partial charge in [0, 0.05) is 10.7 Å². The molecule has 1 aromatic carbocycles. The van der Waals surface area contributed by atoms with Crippen LogP contribution in [0.25, 0.3) is 0 Å². The Morgan fingerprint density at radius 2 is 1.58 bits per heavy atom. The van der Waals surface area contributed by atoms with E-state index in [1.807, 2.05) is 28.7 Å². The molecule has 9 heteroatoms. The van der Waals surface area contributed by atoms with Crippen LogP contribution in [0.1, 0.15) is 23.2 Å². The second-order valence-corrected chi connectivity index (χ2v) is 9.31. The summed E-state index contributed by atoms with van der Waals surface area (Å²) in [5, 5.41) is 0.664. The monoisotopic (exact) mass is 665 g/mol. The highest BCUT2D eigenvalue weighted by molar-refractivity contribution is 14.1. The number of fused-ring (bicyclic) bond motifs is 5. The van der Waals surface area contributed by atoms with Gasteiger partial charge < -0.3 is 9.57 Å². The number of carbonyl (C=O) groups is 3. The van der Waals surface area contributed by atoms with Gasteiger partial charge in [0.15, 0.2) is 0 Å². The van der Waals surface area contributed by atoms with Crippen LogP contribution in [-0.4, -0.2) is 35.1 Å². The number of hydroxylamine groups is 2. The molecule has 2 amide bonds. The molecule has 3 saturated heterocycles. The first kappa shape index (κ1) is 17.4. The molecule has 3 aliphatic heterocycles. The van der Waals surface area contributed by atoms with Crippen molar-refractivity contribution < 1.29 is 24.0 Å². The van der Waals surface area contributed by atoms with Crippen LogP contribution in [0.4, 0.5) is 0 Å². The topological polar surface area (TPSA) is 72.9 Å². The van der Waals surface area contributed by atoms with Crippen LogP contribution >= 0.6 is 67.8 Å². The van der Waals surface area contributed by atoms with Gasteiger partial charge in [0.05, 0.1) is 29.6 Å². The number of hydrogen-bond acceptors (Lipinski definition) is 5. The lowest BCUT2D eigenvalue weighted by molar-refractivity contribution is -0.177. The van der Waals surface area contributed by atoms with Crippen LogP contribution in [0.15, 0.2) is 12.1 Å². The fourth-order valence-corrected chi connectivity index (χ4v) is 5.94. The van der Waals surface area contributed by atoms with Gasteiger partial charge in [-0.15, -0.1) is 5.06 Å². The number of halogens is 3. The van der Waals surface area contributed by atoms with Crippen molar-refractivity contribution in [2.24, 2.45) is 11.8 Å². The predicted octanol–water partition coefficient (Wildman–Crippen LogP) is 2.73. The van der Waals surface area contributed by atoms with E-state index in [1.165, 1.54) is 0 Å². The lowest BCUT2D eigenvalue weighted by Crippen LogP contribution is -2.36. The average Bonchev–Trinajstić information content (AvgIpc) is 3.21. The van der Waals surface area contributed by atoms with E-state index in [0.29, 0.717) is 14.2 Å². The summed E-state index contributed by atoms with van der Waals surface area (Å²) in [4.78, 5) is 42.9. The molecule has 0 aliphatic carbocycles. The SMILES string of the molecule is O=C(ON1C(=O)C2C3CCC(O3)C2C1=O)c1c(I)ccc(I)c1I. The van der Waals surface area contributed by atoms with E-state index in [1.54, 1.807) is 6.07 Å². The molecule has 0 aromatic heterocycles. The summed E-state index contributed by atoms with van der Waals surface area (Å²) in [6, 6.07) is 3.70. The van der Waals surface area contributed by atoms with Crippen LogP contribution in [-0.2, 0) is 19.2 Å². The average molecular weight is 665 g/mol. The van der Waals surface area contributed by atoms with Crippen LogP contribution < -0.4 is 0 Å². The van der Waals surface area contributed by atoms with Crippen molar-refractivity contribution in [2.75, 3.05) is 0 Å². The quantitative estimate of drug-likeness (QED) is 0.277. The summed E-state index contributed by atoms with van der Waals surface area (Å²) >= 11 is 6.23. The third-order valence-electron chi connectivity index (χ3n) is 4.67. The number of hydrogen-bond donors (Lipinski definition) is 0. The fraction of sp³-hybridized carbons (Fsp3) is 0.400. The number of carbonyl (C=O) groups excluding carboxylic acids is 3. The smallest absolute Gasteiger partial charge is 0.366 e. The minimum absolute atomic E-state index is 0.224. The third kappa shape index (κ3) is 2.52. The Hall–Kier alpha value is -0.0200. The van der Waals surface area contributed by atoms with E-state index < -0.39 is 29.6 Å². The van der Waals surface area contributed by atoms with Crippen LogP contribution in [0.5, 0.6) is 0 Å². The molecule has 4 rings (SSSR count). The van der Waals surface area contributed by atoms with Crippen LogP contribution in [0, 0.1) is 22.5 Å². The Morgan fingerprint density at radius 1 is 1.04 bits per heavy atom. The predicted molar refractivity (Wildman–Crippen MR) is 107 cm³/mol. The Balaban J connectivity index is 1.60. The molecule has 3 fully saturated rings. The highest BCUT2D eigenvalue weighted by atomic mass is 127. The van der Waals surface area contributed by atoms with Crippen molar-refractivity contribution in [1.82, 2.24) is 5.06 Å². The molecule has 2 bridgehead atoms. The molecule has 6 nitrogen and oxygen atoms in total. The second kappa shape index (κ2) is 6.30. The van der Waals surface area contributed by atoms with Gasteiger partial charge in [-0.1, -0.05) is 0 Å². The largest absolute Gasteiger partial charge is 0.373 e. The van der Waals surface area contributed by atoms with E-state index in [2.05, 4.69) is 45.2 Å². The Labute approximate surface area is 178 Å². The molecular formula is C15H10I3NO5. The summed E-state index contributed by atoms with van der Waals surface area (Å²) in [6.07, 6.45) is 1.11. The molecule has 1 aromatic rings. The number of rotatable bonds is 2. The summed E-state index contributed by atoms with van der Waals surface area (Å²) in [5.41, 5.74) is 0.375. The van der Waals surface area contributed by atoms with E-state index in [4.69, 9.17) is 9.57 Å².